The molecular formula is C11H13BrN4O3S. The highest BCUT2D eigenvalue weighted by molar-refractivity contribution is 9.10. The monoisotopic (exact) mass is 360 g/mol. The summed E-state index contributed by atoms with van der Waals surface area (Å²) in [5, 5.41) is 17.9. The molecule has 0 spiro atoms. The summed E-state index contributed by atoms with van der Waals surface area (Å²) >= 11 is 8.08. The van der Waals surface area contributed by atoms with Crippen LogP contribution in [0.3, 0.4) is 0 Å². The number of hydrogen-bond acceptors (Lipinski definition) is 5. The third kappa shape index (κ3) is 5.59. The predicted octanol–water partition coefficient (Wildman–Crippen LogP) is 1.80. The Morgan fingerprint density at radius 2 is 2.40 bits per heavy atom. The summed E-state index contributed by atoms with van der Waals surface area (Å²) in [5.74, 6) is 0. The fourth-order valence-corrected chi connectivity index (χ4v) is 1.77. The Morgan fingerprint density at radius 3 is 3.05 bits per heavy atom. The fourth-order valence-electron chi connectivity index (χ4n) is 1.22. The molecule has 1 aromatic rings. The quantitative estimate of drug-likeness (QED) is 0.264. The largest absolute Gasteiger partial charge is 0.383 e. The first-order chi connectivity index (χ1) is 9.54. The smallest absolute Gasteiger partial charge is 0.284 e. The number of methoxy groups -OCH3 is 1. The average molecular weight is 361 g/mol. The highest BCUT2D eigenvalue weighted by atomic mass is 79.9. The van der Waals surface area contributed by atoms with Gasteiger partial charge in [0.25, 0.3) is 5.69 Å². The molecule has 1 aromatic carbocycles. The van der Waals surface area contributed by atoms with Gasteiger partial charge in [-0.25, -0.2) is 0 Å². The highest BCUT2D eigenvalue weighted by Gasteiger charge is 2.11. The Hall–Kier alpha value is -1.58. The van der Waals surface area contributed by atoms with E-state index < -0.39 is 4.92 Å². The number of nitro benzene ring substituents is 1. The molecule has 0 radical (unpaired) electrons. The molecule has 0 saturated heterocycles. The zero-order valence-electron chi connectivity index (χ0n) is 10.6. The van der Waals surface area contributed by atoms with Gasteiger partial charge in [-0.2, -0.15) is 5.10 Å². The van der Waals surface area contributed by atoms with E-state index >= 15 is 0 Å². The van der Waals surface area contributed by atoms with E-state index in [0.717, 1.165) is 0 Å². The van der Waals surface area contributed by atoms with Crippen LogP contribution in [0.5, 0.6) is 0 Å². The molecular weight excluding hydrogens is 348 g/mol. The van der Waals surface area contributed by atoms with Crippen LogP contribution >= 0.6 is 28.1 Å². The molecule has 0 aromatic heterocycles. The number of nitro groups is 1. The van der Waals surface area contributed by atoms with Crippen LogP contribution in [0.2, 0.25) is 0 Å². The molecule has 0 aliphatic carbocycles. The van der Waals surface area contributed by atoms with Crippen LogP contribution in [0.1, 0.15) is 5.56 Å². The predicted molar refractivity (Wildman–Crippen MR) is 84.0 cm³/mol. The highest BCUT2D eigenvalue weighted by Crippen LogP contribution is 2.24. The van der Waals surface area contributed by atoms with Crippen molar-refractivity contribution in [1.29, 1.82) is 0 Å². The van der Waals surface area contributed by atoms with Gasteiger partial charge in [-0.15, -0.1) is 0 Å². The number of nitrogens with zero attached hydrogens (tertiary/aromatic N) is 2. The molecule has 9 heteroatoms. The van der Waals surface area contributed by atoms with Crippen LogP contribution in [0.15, 0.2) is 27.8 Å². The number of hydrazone groups is 1. The van der Waals surface area contributed by atoms with Crippen LogP contribution in [-0.4, -0.2) is 36.5 Å². The van der Waals surface area contributed by atoms with Crippen molar-refractivity contribution < 1.29 is 9.66 Å². The van der Waals surface area contributed by atoms with E-state index in [4.69, 9.17) is 17.0 Å². The molecule has 7 nitrogen and oxygen atoms in total. The summed E-state index contributed by atoms with van der Waals surface area (Å²) in [5.41, 5.74) is 3.18. The van der Waals surface area contributed by atoms with Crippen molar-refractivity contribution >= 4 is 45.2 Å². The van der Waals surface area contributed by atoms with Crippen LogP contribution in [0, 0.1) is 10.1 Å². The molecule has 2 N–H and O–H groups in total. The van der Waals surface area contributed by atoms with Crippen LogP contribution in [-0.2, 0) is 4.74 Å². The molecule has 0 heterocycles. The molecule has 0 unspecified atom stereocenters. The van der Waals surface area contributed by atoms with Crippen molar-refractivity contribution in [2.24, 2.45) is 5.10 Å². The minimum Gasteiger partial charge on any atom is -0.383 e. The van der Waals surface area contributed by atoms with Crippen LogP contribution in [0.25, 0.3) is 0 Å². The van der Waals surface area contributed by atoms with Gasteiger partial charge < -0.3 is 10.1 Å². The number of benzene rings is 1. The number of hydrogen-bond donors (Lipinski definition) is 2. The van der Waals surface area contributed by atoms with Gasteiger partial charge >= 0.3 is 0 Å². The number of nitrogens with one attached hydrogen (secondary N) is 2. The number of ether oxygens (including phenoxy) is 1. The Bertz CT molecular complexity index is 524. The van der Waals surface area contributed by atoms with E-state index in [-0.39, 0.29) is 5.69 Å². The fraction of sp³-hybridized carbons (Fsp3) is 0.273. The van der Waals surface area contributed by atoms with Crippen molar-refractivity contribution in [3.63, 3.8) is 0 Å². The van der Waals surface area contributed by atoms with Gasteiger partial charge in [-0.1, -0.05) is 6.07 Å². The van der Waals surface area contributed by atoms with Gasteiger partial charge in [-0.05, 0) is 34.2 Å². The molecule has 108 valence electrons. The molecule has 20 heavy (non-hydrogen) atoms. The average Bonchev–Trinajstić information content (AvgIpc) is 2.40. The first-order valence-electron chi connectivity index (χ1n) is 5.54. The van der Waals surface area contributed by atoms with Crippen LogP contribution in [0.4, 0.5) is 5.69 Å². The molecule has 0 aliphatic heterocycles. The number of halogens is 1. The SMILES string of the molecule is COCCNC(=S)N/N=C\c1ccc(Br)c([N+](=O)[O-])c1. The van der Waals surface area contributed by atoms with Gasteiger partial charge in [0.15, 0.2) is 5.11 Å². The third-order valence-electron chi connectivity index (χ3n) is 2.14. The Morgan fingerprint density at radius 1 is 1.65 bits per heavy atom. The maximum absolute atomic E-state index is 10.8. The Balaban J connectivity index is 2.56. The number of thiocarbonyl (C=S) groups is 1. The van der Waals surface area contributed by atoms with E-state index in [1.165, 1.54) is 12.3 Å². The van der Waals surface area contributed by atoms with Gasteiger partial charge in [-0.3, -0.25) is 15.5 Å². The van der Waals surface area contributed by atoms with E-state index in [2.05, 4.69) is 31.8 Å². The number of rotatable bonds is 6. The van der Waals surface area contributed by atoms with Gasteiger partial charge in [0.2, 0.25) is 0 Å². The summed E-state index contributed by atoms with van der Waals surface area (Å²) < 4.78 is 5.28. The lowest BCUT2D eigenvalue weighted by Gasteiger charge is -2.05. The zero-order chi connectivity index (χ0) is 15.0. The molecule has 1 rings (SSSR count). The van der Waals surface area contributed by atoms with Crippen molar-refractivity contribution in [2.45, 2.75) is 0 Å². The Labute approximate surface area is 129 Å². The van der Waals surface area contributed by atoms with Crippen LogP contribution < -0.4 is 10.7 Å². The Kier molecular flexibility index (Phi) is 7.05. The molecule has 0 amide bonds. The van der Waals surface area contributed by atoms with E-state index in [9.17, 15) is 10.1 Å². The van der Waals surface area contributed by atoms with Crippen molar-refractivity contribution in [2.75, 3.05) is 20.3 Å². The lowest BCUT2D eigenvalue weighted by atomic mass is 10.2. The van der Waals surface area contributed by atoms with Gasteiger partial charge in [0, 0.05) is 25.3 Å². The van der Waals surface area contributed by atoms with E-state index in [1.54, 1.807) is 19.2 Å². The lowest BCUT2D eigenvalue weighted by molar-refractivity contribution is -0.385. The van der Waals surface area contributed by atoms with Crippen molar-refractivity contribution in [1.82, 2.24) is 10.7 Å². The molecule has 0 saturated carbocycles. The third-order valence-corrected chi connectivity index (χ3v) is 3.04. The van der Waals surface area contributed by atoms with Gasteiger partial charge in [0.1, 0.15) is 0 Å². The zero-order valence-corrected chi connectivity index (χ0v) is 13.0. The summed E-state index contributed by atoms with van der Waals surface area (Å²) in [7, 11) is 1.59. The van der Waals surface area contributed by atoms with E-state index in [1.807, 2.05) is 0 Å². The second-order valence-electron chi connectivity index (χ2n) is 3.59. The minimum absolute atomic E-state index is 0.0188. The lowest BCUT2D eigenvalue weighted by Crippen LogP contribution is -2.34. The summed E-state index contributed by atoms with van der Waals surface area (Å²) in [6.45, 7) is 1.10. The molecule has 0 aliphatic rings. The first kappa shape index (κ1) is 16.5. The van der Waals surface area contributed by atoms with Crippen molar-refractivity contribution in [3.05, 3.63) is 38.3 Å². The summed E-state index contributed by atoms with van der Waals surface area (Å²) in [6.07, 6.45) is 1.45. The normalized spacial score (nSPS) is 10.5. The van der Waals surface area contributed by atoms with Gasteiger partial charge in [0.05, 0.1) is 22.2 Å². The summed E-state index contributed by atoms with van der Waals surface area (Å²) in [6, 6.07) is 4.70. The second kappa shape index (κ2) is 8.56. The first-order valence-corrected chi connectivity index (χ1v) is 6.74. The standard InChI is InChI=1S/C11H13BrN4O3S/c1-19-5-4-13-11(20)15-14-7-8-2-3-9(12)10(6-8)16(17)18/h2-3,6-7H,4-5H2,1H3,(H2,13,15,20)/b14-7-. The van der Waals surface area contributed by atoms with E-state index in [0.29, 0.717) is 28.3 Å². The molecule has 0 bridgehead atoms. The molecule has 0 atom stereocenters. The maximum atomic E-state index is 10.8. The topological polar surface area (TPSA) is 88.8 Å². The second-order valence-corrected chi connectivity index (χ2v) is 4.85. The maximum Gasteiger partial charge on any atom is 0.284 e. The minimum atomic E-state index is -0.466. The summed E-state index contributed by atoms with van der Waals surface area (Å²) in [4.78, 5) is 10.3. The molecule has 0 fully saturated rings. The van der Waals surface area contributed by atoms with Crippen molar-refractivity contribution in [3.8, 4) is 0 Å².